The molecule has 2 atom stereocenters. The molecule has 0 radical (unpaired) electrons. The second-order valence-electron chi connectivity index (χ2n) is 4.79. The van der Waals surface area contributed by atoms with Gasteiger partial charge in [-0.05, 0) is 32.4 Å². The van der Waals surface area contributed by atoms with Gasteiger partial charge in [0.25, 0.3) is 0 Å². The first-order valence-corrected chi connectivity index (χ1v) is 6.57. The minimum atomic E-state index is -1.55. The molecule has 20 heavy (non-hydrogen) atoms. The van der Waals surface area contributed by atoms with E-state index in [4.69, 9.17) is 0 Å². The Hall–Kier alpha value is -1.72. The highest BCUT2D eigenvalue weighted by atomic mass is 19.2. The fraction of sp³-hybridized carbons (Fsp3) is 0.500. The third-order valence-corrected chi connectivity index (χ3v) is 2.91. The maximum Gasteiger partial charge on any atom is 0.242 e. The van der Waals surface area contributed by atoms with Crippen LogP contribution >= 0.6 is 0 Å². The quantitative estimate of drug-likeness (QED) is 0.789. The van der Waals surface area contributed by atoms with Crippen molar-refractivity contribution < 1.29 is 18.0 Å². The lowest BCUT2D eigenvalue weighted by molar-refractivity contribution is -0.122. The van der Waals surface area contributed by atoms with Crippen molar-refractivity contribution in [2.45, 2.75) is 45.7 Å². The Bertz CT molecular complexity index is 480. The van der Waals surface area contributed by atoms with Gasteiger partial charge in [0.05, 0.1) is 5.69 Å². The van der Waals surface area contributed by atoms with Gasteiger partial charge in [-0.3, -0.25) is 4.79 Å². The van der Waals surface area contributed by atoms with Gasteiger partial charge in [-0.1, -0.05) is 13.3 Å². The number of hydrogen-bond acceptors (Lipinski definition) is 2. The number of carbonyl (C=O) groups is 1. The lowest BCUT2D eigenvalue weighted by Gasteiger charge is -2.19. The molecule has 3 nitrogen and oxygen atoms in total. The number of hydrogen-bond donors (Lipinski definition) is 2. The molecule has 0 aliphatic rings. The number of anilines is 1. The van der Waals surface area contributed by atoms with E-state index in [0.717, 1.165) is 25.0 Å². The Kier molecular flexibility index (Phi) is 5.85. The summed E-state index contributed by atoms with van der Waals surface area (Å²) in [7, 11) is 0. The van der Waals surface area contributed by atoms with Gasteiger partial charge in [0.2, 0.25) is 5.91 Å². The van der Waals surface area contributed by atoms with Gasteiger partial charge in [0.15, 0.2) is 17.5 Å². The SMILES string of the molecule is CCCC(C)NC(=O)C(C)Nc1ccc(F)c(F)c1F. The molecular weight excluding hydrogens is 269 g/mol. The van der Waals surface area contributed by atoms with E-state index in [0.29, 0.717) is 0 Å². The zero-order valence-corrected chi connectivity index (χ0v) is 11.8. The molecule has 1 amide bonds. The highest BCUT2D eigenvalue weighted by Crippen LogP contribution is 2.20. The van der Waals surface area contributed by atoms with Gasteiger partial charge in [-0.2, -0.15) is 0 Å². The van der Waals surface area contributed by atoms with Crippen LogP contribution in [0.15, 0.2) is 12.1 Å². The molecule has 6 heteroatoms. The third-order valence-electron chi connectivity index (χ3n) is 2.91. The van der Waals surface area contributed by atoms with E-state index in [-0.39, 0.29) is 17.6 Å². The van der Waals surface area contributed by atoms with Crippen LogP contribution in [0, 0.1) is 17.5 Å². The van der Waals surface area contributed by atoms with Gasteiger partial charge >= 0.3 is 0 Å². The van der Waals surface area contributed by atoms with Crippen molar-refractivity contribution in [2.24, 2.45) is 0 Å². The summed E-state index contributed by atoms with van der Waals surface area (Å²) in [5.74, 6) is -4.47. The van der Waals surface area contributed by atoms with E-state index < -0.39 is 23.5 Å². The zero-order chi connectivity index (χ0) is 15.3. The normalized spacial score (nSPS) is 13.7. The number of carbonyl (C=O) groups excluding carboxylic acids is 1. The molecule has 1 aromatic carbocycles. The van der Waals surface area contributed by atoms with Gasteiger partial charge < -0.3 is 10.6 Å². The van der Waals surface area contributed by atoms with Gasteiger partial charge in [-0.25, -0.2) is 13.2 Å². The number of rotatable bonds is 6. The molecule has 2 unspecified atom stereocenters. The lowest BCUT2D eigenvalue weighted by atomic mass is 10.2. The van der Waals surface area contributed by atoms with Crippen molar-refractivity contribution >= 4 is 11.6 Å². The molecule has 112 valence electrons. The van der Waals surface area contributed by atoms with E-state index in [1.54, 1.807) is 0 Å². The van der Waals surface area contributed by atoms with Crippen LogP contribution in [0.3, 0.4) is 0 Å². The number of amides is 1. The molecule has 0 fully saturated rings. The molecular formula is C14H19F3N2O. The monoisotopic (exact) mass is 288 g/mol. The third kappa shape index (κ3) is 4.15. The van der Waals surface area contributed by atoms with Crippen LogP contribution in [0.25, 0.3) is 0 Å². The van der Waals surface area contributed by atoms with Gasteiger partial charge in [-0.15, -0.1) is 0 Å². The van der Waals surface area contributed by atoms with E-state index in [1.165, 1.54) is 6.92 Å². The van der Waals surface area contributed by atoms with E-state index in [1.807, 2.05) is 13.8 Å². The van der Waals surface area contributed by atoms with Crippen LogP contribution in [0.4, 0.5) is 18.9 Å². The molecule has 0 bridgehead atoms. The molecule has 2 N–H and O–H groups in total. The topological polar surface area (TPSA) is 41.1 Å². The van der Waals surface area contributed by atoms with Crippen molar-refractivity contribution in [1.29, 1.82) is 0 Å². The second kappa shape index (κ2) is 7.17. The Morgan fingerprint density at radius 1 is 1.20 bits per heavy atom. The predicted molar refractivity (Wildman–Crippen MR) is 71.9 cm³/mol. The maximum absolute atomic E-state index is 13.5. The molecule has 0 heterocycles. The lowest BCUT2D eigenvalue weighted by Crippen LogP contribution is -2.42. The van der Waals surface area contributed by atoms with E-state index in [9.17, 15) is 18.0 Å². The average Bonchev–Trinajstić information content (AvgIpc) is 2.39. The minimum absolute atomic E-state index is 0.00607. The maximum atomic E-state index is 13.5. The van der Waals surface area contributed by atoms with Crippen LogP contribution < -0.4 is 10.6 Å². The smallest absolute Gasteiger partial charge is 0.242 e. The molecule has 0 aliphatic carbocycles. The predicted octanol–water partition coefficient (Wildman–Crippen LogP) is 3.21. The molecule has 0 spiro atoms. The Labute approximate surface area is 116 Å². The van der Waals surface area contributed by atoms with Crippen LogP contribution in [0.2, 0.25) is 0 Å². The first kappa shape index (κ1) is 16.3. The second-order valence-corrected chi connectivity index (χ2v) is 4.79. The number of benzene rings is 1. The van der Waals surface area contributed by atoms with Gasteiger partial charge in [0.1, 0.15) is 6.04 Å². The van der Waals surface area contributed by atoms with Crippen molar-refractivity contribution in [3.05, 3.63) is 29.6 Å². The molecule has 1 aromatic rings. The molecule has 0 saturated carbocycles. The largest absolute Gasteiger partial charge is 0.371 e. The fourth-order valence-corrected chi connectivity index (χ4v) is 1.81. The Morgan fingerprint density at radius 3 is 2.45 bits per heavy atom. The molecule has 1 rings (SSSR count). The number of nitrogens with one attached hydrogen (secondary N) is 2. The number of halogens is 3. The minimum Gasteiger partial charge on any atom is -0.371 e. The zero-order valence-electron chi connectivity index (χ0n) is 11.8. The molecule has 0 saturated heterocycles. The average molecular weight is 288 g/mol. The molecule has 0 aliphatic heterocycles. The first-order chi connectivity index (χ1) is 9.36. The van der Waals surface area contributed by atoms with E-state index in [2.05, 4.69) is 10.6 Å². The van der Waals surface area contributed by atoms with E-state index >= 15 is 0 Å². The molecule has 0 aromatic heterocycles. The summed E-state index contributed by atoms with van der Waals surface area (Å²) >= 11 is 0. The summed E-state index contributed by atoms with van der Waals surface area (Å²) in [5, 5.41) is 5.29. The highest BCUT2D eigenvalue weighted by molar-refractivity contribution is 5.84. The fourth-order valence-electron chi connectivity index (χ4n) is 1.81. The van der Waals surface area contributed by atoms with Crippen molar-refractivity contribution in [2.75, 3.05) is 5.32 Å². The Balaban J connectivity index is 2.69. The van der Waals surface area contributed by atoms with Crippen LogP contribution in [0.5, 0.6) is 0 Å². The summed E-state index contributed by atoms with van der Waals surface area (Å²) in [6.07, 6.45) is 1.76. The summed E-state index contributed by atoms with van der Waals surface area (Å²) in [6, 6.07) is 1.12. The van der Waals surface area contributed by atoms with Crippen molar-refractivity contribution in [3.63, 3.8) is 0 Å². The van der Waals surface area contributed by atoms with Crippen LogP contribution in [0.1, 0.15) is 33.6 Å². The standard InChI is InChI=1S/C14H19F3N2O/c1-4-5-8(2)18-14(20)9(3)19-11-7-6-10(15)12(16)13(11)17/h6-9,19H,4-5H2,1-3H3,(H,18,20). The van der Waals surface area contributed by atoms with Gasteiger partial charge in [0, 0.05) is 6.04 Å². The van der Waals surface area contributed by atoms with Crippen LogP contribution in [-0.4, -0.2) is 18.0 Å². The Morgan fingerprint density at radius 2 is 1.85 bits per heavy atom. The summed E-state index contributed by atoms with van der Waals surface area (Å²) in [5.41, 5.74) is -0.241. The van der Waals surface area contributed by atoms with Crippen molar-refractivity contribution in [1.82, 2.24) is 5.32 Å². The summed E-state index contributed by atoms with van der Waals surface area (Å²) < 4.78 is 39.3. The van der Waals surface area contributed by atoms with Crippen LogP contribution in [-0.2, 0) is 4.79 Å². The first-order valence-electron chi connectivity index (χ1n) is 6.57. The highest BCUT2D eigenvalue weighted by Gasteiger charge is 2.19. The summed E-state index contributed by atoms with van der Waals surface area (Å²) in [4.78, 5) is 11.8. The summed E-state index contributed by atoms with van der Waals surface area (Å²) in [6.45, 7) is 5.39. The van der Waals surface area contributed by atoms with Crippen molar-refractivity contribution in [3.8, 4) is 0 Å².